The lowest BCUT2D eigenvalue weighted by atomic mass is 9.87. The van der Waals surface area contributed by atoms with Crippen LogP contribution in [0.2, 0.25) is 0 Å². The Balaban J connectivity index is 1.63. The highest BCUT2D eigenvalue weighted by molar-refractivity contribution is 5.64. The lowest BCUT2D eigenvalue weighted by molar-refractivity contribution is 0.838. The number of benzene rings is 2. The summed E-state index contributed by atoms with van der Waals surface area (Å²) in [6.07, 6.45) is 5.01. The smallest absolute Gasteiger partial charge is 0.0387 e. The summed E-state index contributed by atoms with van der Waals surface area (Å²) in [5.74, 6) is 0. The van der Waals surface area contributed by atoms with E-state index in [0.717, 1.165) is 0 Å². The van der Waals surface area contributed by atoms with Crippen molar-refractivity contribution < 1.29 is 0 Å². The van der Waals surface area contributed by atoms with Crippen molar-refractivity contribution in [1.29, 1.82) is 0 Å². The van der Waals surface area contributed by atoms with Crippen LogP contribution in [0.4, 0.5) is 11.4 Å². The molecule has 0 heterocycles. The van der Waals surface area contributed by atoms with Gasteiger partial charge in [-0.25, -0.2) is 0 Å². The molecule has 17 heavy (non-hydrogen) atoms. The molecule has 0 aromatic heterocycles. The molecule has 0 fully saturated rings. The van der Waals surface area contributed by atoms with Gasteiger partial charge in [0.15, 0.2) is 0 Å². The zero-order valence-electron chi connectivity index (χ0n) is 9.79. The van der Waals surface area contributed by atoms with Crippen molar-refractivity contribution in [3.8, 4) is 0 Å². The first kappa shape index (κ1) is 9.29. The molecule has 2 aromatic carbocycles. The Bertz CT molecular complexity index is 545. The lowest BCUT2D eigenvalue weighted by Crippen LogP contribution is -2.09. The Hall–Kier alpha value is -1.76. The maximum Gasteiger partial charge on any atom is 0.0387 e. The van der Waals surface area contributed by atoms with Crippen LogP contribution in [0.1, 0.15) is 22.3 Å². The highest BCUT2D eigenvalue weighted by Gasteiger charge is 2.14. The highest BCUT2D eigenvalue weighted by Crippen LogP contribution is 2.30. The van der Waals surface area contributed by atoms with Gasteiger partial charge in [0.2, 0.25) is 0 Å². The first-order valence-corrected chi connectivity index (χ1v) is 6.39. The van der Waals surface area contributed by atoms with Gasteiger partial charge in [-0.3, -0.25) is 0 Å². The SMILES string of the molecule is c1cc2c(cc1Nc1ccc3c(c1)CC3)CC2. The van der Waals surface area contributed by atoms with E-state index in [2.05, 4.69) is 41.7 Å². The molecule has 2 aliphatic rings. The van der Waals surface area contributed by atoms with Crippen LogP contribution in [0, 0.1) is 0 Å². The van der Waals surface area contributed by atoms with Crippen molar-refractivity contribution in [2.75, 3.05) is 5.32 Å². The molecular formula is C16H15N. The van der Waals surface area contributed by atoms with E-state index >= 15 is 0 Å². The van der Waals surface area contributed by atoms with E-state index in [9.17, 15) is 0 Å². The number of nitrogens with one attached hydrogen (secondary N) is 1. The Kier molecular flexibility index (Phi) is 1.84. The molecule has 84 valence electrons. The Morgan fingerprint density at radius 3 is 1.41 bits per heavy atom. The maximum atomic E-state index is 3.51. The highest BCUT2D eigenvalue weighted by atomic mass is 14.9. The van der Waals surface area contributed by atoms with E-state index in [1.807, 2.05) is 0 Å². The molecule has 0 unspecified atom stereocenters. The van der Waals surface area contributed by atoms with Crippen LogP contribution in [-0.4, -0.2) is 0 Å². The number of hydrogen-bond acceptors (Lipinski definition) is 1. The van der Waals surface area contributed by atoms with Gasteiger partial charge in [-0.1, -0.05) is 12.1 Å². The van der Waals surface area contributed by atoms with Gasteiger partial charge in [-0.15, -0.1) is 0 Å². The number of anilines is 2. The van der Waals surface area contributed by atoms with Crippen LogP contribution in [-0.2, 0) is 25.7 Å². The summed E-state index contributed by atoms with van der Waals surface area (Å²) in [4.78, 5) is 0. The molecule has 0 saturated carbocycles. The van der Waals surface area contributed by atoms with Crippen LogP contribution in [0.3, 0.4) is 0 Å². The minimum Gasteiger partial charge on any atom is -0.356 e. The summed E-state index contributed by atoms with van der Waals surface area (Å²) in [5.41, 5.74) is 8.52. The van der Waals surface area contributed by atoms with E-state index in [1.165, 1.54) is 59.3 Å². The van der Waals surface area contributed by atoms with Crippen molar-refractivity contribution in [2.24, 2.45) is 0 Å². The maximum absolute atomic E-state index is 3.51. The molecule has 0 spiro atoms. The standard InChI is InChI=1S/C16H15N/c1-3-13-9-15(7-5-11(1)13)17-16-8-6-12-2-4-14(12)10-16/h5-10,17H,1-4H2. The number of hydrogen-bond donors (Lipinski definition) is 1. The van der Waals surface area contributed by atoms with Gasteiger partial charge in [-0.05, 0) is 72.2 Å². The second-order valence-corrected chi connectivity index (χ2v) is 5.09. The summed E-state index contributed by atoms with van der Waals surface area (Å²) in [6, 6.07) is 13.5. The van der Waals surface area contributed by atoms with Gasteiger partial charge >= 0.3 is 0 Å². The second kappa shape index (κ2) is 3.36. The van der Waals surface area contributed by atoms with Gasteiger partial charge in [0, 0.05) is 11.4 Å². The van der Waals surface area contributed by atoms with E-state index < -0.39 is 0 Å². The average molecular weight is 221 g/mol. The van der Waals surface area contributed by atoms with E-state index in [4.69, 9.17) is 0 Å². The predicted molar refractivity (Wildman–Crippen MR) is 71.0 cm³/mol. The van der Waals surface area contributed by atoms with E-state index in [1.54, 1.807) is 0 Å². The van der Waals surface area contributed by atoms with E-state index in [0.29, 0.717) is 0 Å². The third kappa shape index (κ3) is 1.46. The monoisotopic (exact) mass is 221 g/mol. The molecule has 0 amide bonds. The lowest BCUT2D eigenvalue weighted by Gasteiger charge is -2.22. The Morgan fingerprint density at radius 1 is 0.588 bits per heavy atom. The first-order valence-electron chi connectivity index (χ1n) is 6.39. The fraction of sp³-hybridized carbons (Fsp3) is 0.250. The summed E-state index contributed by atoms with van der Waals surface area (Å²) in [5, 5.41) is 3.51. The fourth-order valence-corrected chi connectivity index (χ4v) is 2.71. The topological polar surface area (TPSA) is 12.0 Å². The number of aryl methyl sites for hydroxylation is 4. The van der Waals surface area contributed by atoms with Crippen LogP contribution in [0.5, 0.6) is 0 Å². The van der Waals surface area contributed by atoms with Crippen molar-refractivity contribution in [3.05, 3.63) is 58.7 Å². The van der Waals surface area contributed by atoms with Crippen molar-refractivity contribution in [3.63, 3.8) is 0 Å². The number of fused-ring (bicyclic) bond motifs is 2. The normalized spacial score (nSPS) is 15.3. The van der Waals surface area contributed by atoms with Crippen LogP contribution in [0.25, 0.3) is 0 Å². The van der Waals surface area contributed by atoms with Crippen molar-refractivity contribution in [1.82, 2.24) is 0 Å². The largest absolute Gasteiger partial charge is 0.356 e. The molecule has 1 heteroatoms. The van der Waals surface area contributed by atoms with Gasteiger partial charge in [0.1, 0.15) is 0 Å². The molecule has 0 aliphatic heterocycles. The minimum atomic E-state index is 1.22. The average Bonchev–Trinajstić information content (AvgIpc) is 2.26. The molecule has 1 N–H and O–H groups in total. The summed E-state index contributed by atoms with van der Waals surface area (Å²) in [6.45, 7) is 0. The molecular weight excluding hydrogens is 206 g/mol. The number of rotatable bonds is 2. The van der Waals surface area contributed by atoms with Crippen molar-refractivity contribution >= 4 is 11.4 Å². The molecule has 0 bridgehead atoms. The fourth-order valence-electron chi connectivity index (χ4n) is 2.71. The molecule has 0 atom stereocenters. The van der Waals surface area contributed by atoms with Crippen LogP contribution >= 0.6 is 0 Å². The molecule has 0 saturated heterocycles. The Labute approximate surface area is 101 Å². The zero-order valence-corrected chi connectivity index (χ0v) is 9.79. The molecule has 0 radical (unpaired) electrons. The third-order valence-electron chi connectivity index (χ3n) is 4.03. The quantitative estimate of drug-likeness (QED) is 0.816. The minimum absolute atomic E-state index is 1.22. The summed E-state index contributed by atoms with van der Waals surface area (Å²) < 4.78 is 0. The van der Waals surface area contributed by atoms with Crippen LogP contribution < -0.4 is 5.32 Å². The van der Waals surface area contributed by atoms with Gasteiger partial charge in [-0.2, -0.15) is 0 Å². The van der Waals surface area contributed by atoms with Crippen LogP contribution in [0.15, 0.2) is 36.4 Å². The first-order chi connectivity index (χ1) is 8.38. The predicted octanol–water partition coefficient (Wildman–Crippen LogP) is 3.63. The van der Waals surface area contributed by atoms with Gasteiger partial charge < -0.3 is 5.32 Å². The van der Waals surface area contributed by atoms with Gasteiger partial charge in [0.25, 0.3) is 0 Å². The van der Waals surface area contributed by atoms with Crippen molar-refractivity contribution in [2.45, 2.75) is 25.7 Å². The molecule has 2 aromatic rings. The molecule has 4 rings (SSSR count). The molecule has 2 aliphatic carbocycles. The van der Waals surface area contributed by atoms with E-state index in [-0.39, 0.29) is 0 Å². The second-order valence-electron chi connectivity index (χ2n) is 5.09. The summed E-state index contributed by atoms with van der Waals surface area (Å²) >= 11 is 0. The molecule has 1 nitrogen and oxygen atoms in total. The Morgan fingerprint density at radius 2 is 1.06 bits per heavy atom. The van der Waals surface area contributed by atoms with Gasteiger partial charge in [0.05, 0.1) is 0 Å². The third-order valence-corrected chi connectivity index (χ3v) is 4.03. The summed E-state index contributed by atoms with van der Waals surface area (Å²) in [7, 11) is 0. The zero-order chi connectivity index (χ0) is 11.2.